The van der Waals surface area contributed by atoms with Crippen LogP contribution in [0.4, 0.5) is 0 Å². The third kappa shape index (κ3) is 2.11. The zero-order valence-electron chi connectivity index (χ0n) is 6.41. The van der Waals surface area contributed by atoms with E-state index in [-0.39, 0.29) is 6.10 Å². The van der Waals surface area contributed by atoms with Crippen LogP contribution in [0.3, 0.4) is 0 Å². The van der Waals surface area contributed by atoms with Gasteiger partial charge < -0.3 is 10.1 Å². The summed E-state index contributed by atoms with van der Waals surface area (Å²) in [5, 5.41) is 3.09. The predicted molar refractivity (Wildman–Crippen MR) is 41.8 cm³/mol. The van der Waals surface area contributed by atoms with E-state index in [1.165, 1.54) is 0 Å². The normalized spacial score (nSPS) is 18.1. The van der Waals surface area contributed by atoms with Crippen LogP contribution in [0.5, 0.6) is 0 Å². The maximum Gasteiger partial charge on any atom is 0.293 e. The molecule has 1 N–H and O–H groups in total. The molecule has 3 heteroatoms. The molecule has 0 aromatic rings. The van der Waals surface area contributed by atoms with Crippen molar-refractivity contribution in [1.29, 1.82) is 0 Å². The third-order valence-corrected chi connectivity index (χ3v) is 1.53. The molecule has 1 aliphatic rings. The Labute approximate surface area is 65.7 Å². The molecule has 0 radical (unpaired) electrons. The van der Waals surface area contributed by atoms with Gasteiger partial charge in [0.2, 0.25) is 0 Å². The molecule has 1 heterocycles. The second kappa shape index (κ2) is 3.81. The summed E-state index contributed by atoms with van der Waals surface area (Å²) in [5.74, 6) is 0. The van der Waals surface area contributed by atoms with E-state index in [9.17, 15) is 4.79 Å². The van der Waals surface area contributed by atoms with Crippen molar-refractivity contribution >= 4 is 6.47 Å². The maximum atomic E-state index is 9.96. The number of carbonyl (C=O) groups excluding carboxylic acids is 1. The quantitative estimate of drug-likeness (QED) is 0.603. The third-order valence-electron chi connectivity index (χ3n) is 1.53. The van der Waals surface area contributed by atoms with Gasteiger partial charge in [0.05, 0.1) is 5.70 Å². The molecule has 1 rings (SSSR count). The predicted octanol–water partition coefficient (Wildman–Crippen LogP) is 0.591. The Morgan fingerprint density at radius 1 is 1.82 bits per heavy atom. The van der Waals surface area contributed by atoms with Crippen molar-refractivity contribution in [3.05, 3.63) is 23.9 Å². The molecule has 0 aromatic heterocycles. The number of carbonyl (C=O) groups is 1. The van der Waals surface area contributed by atoms with E-state index in [0.717, 1.165) is 12.2 Å². The van der Waals surface area contributed by atoms with E-state index < -0.39 is 0 Å². The molecule has 60 valence electrons. The molecule has 1 aliphatic heterocycles. The number of allylic oxidation sites excluding steroid dienone is 2. The van der Waals surface area contributed by atoms with Crippen molar-refractivity contribution in [3.8, 4) is 0 Å². The van der Waals surface area contributed by atoms with E-state index in [1.54, 1.807) is 0 Å². The maximum absolute atomic E-state index is 9.96. The van der Waals surface area contributed by atoms with Gasteiger partial charge in [0, 0.05) is 6.54 Å². The zero-order valence-corrected chi connectivity index (χ0v) is 6.41. The molecule has 11 heavy (non-hydrogen) atoms. The summed E-state index contributed by atoms with van der Waals surface area (Å²) < 4.78 is 4.74. The van der Waals surface area contributed by atoms with Gasteiger partial charge in [-0.15, -0.1) is 0 Å². The lowest BCUT2D eigenvalue weighted by Gasteiger charge is -2.16. The number of ether oxygens (including phenoxy) is 1. The minimum absolute atomic E-state index is 0.169. The minimum atomic E-state index is -0.169. The highest BCUT2D eigenvalue weighted by Crippen LogP contribution is 2.04. The Bertz CT molecular complexity index is 196. The highest BCUT2D eigenvalue weighted by molar-refractivity contribution is 5.38. The summed E-state index contributed by atoms with van der Waals surface area (Å²) in [6.07, 6.45) is 5.67. The molecule has 1 atom stereocenters. The van der Waals surface area contributed by atoms with Gasteiger partial charge in [0.1, 0.15) is 6.10 Å². The first kappa shape index (κ1) is 7.85. The highest BCUT2D eigenvalue weighted by Gasteiger charge is 2.08. The van der Waals surface area contributed by atoms with E-state index in [0.29, 0.717) is 6.47 Å². The molecular weight excluding hydrogens is 142 g/mol. The standard InChI is InChI=1S/C8H11NO2/c1-7(11-6-10)8-4-2-3-5-9-8/h2-4,6-7,9H,5H2,1H3. The molecule has 1 unspecified atom stereocenters. The van der Waals surface area contributed by atoms with Crippen molar-refractivity contribution in [1.82, 2.24) is 5.32 Å². The lowest BCUT2D eigenvalue weighted by Crippen LogP contribution is -2.25. The summed E-state index contributed by atoms with van der Waals surface area (Å²) in [7, 11) is 0. The van der Waals surface area contributed by atoms with Crippen LogP contribution in [-0.4, -0.2) is 19.1 Å². The SMILES string of the molecule is CC(OC=O)C1=CC=CCN1. The number of dihydropyridines is 1. The van der Waals surface area contributed by atoms with Crippen LogP contribution in [0.1, 0.15) is 6.92 Å². The van der Waals surface area contributed by atoms with Crippen molar-refractivity contribution < 1.29 is 9.53 Å². The molecule has 0 aromatic carbocycles. The zero-order chi connectivity index (χ0) is 8.10. The van der Waals surface area contributed by atoms with Gasteiger partial charge in [-0.1, -0.05) is 12.2 Å². The van der Waals surface area contributed by atoms with Crippen LogP contribution >= 0.6 is 0 Å². The van der Waals surface area contributed by atoms with E-state index in [4.69, 9.17) is 4.74 Å². The summed E-state index contributed by atoms with van der Waals surface area (Å²) in [6, 6.07) is 0. The molecule has 0 spiro atoms. The van der Waals surface area contributed by atoms with Crippen LogP contribution in [0, 0.1) is 0 Å². The first-order chi connectivity index (χ1) is 5.34. The minimum Gasteiger partial charge on any atom is -0.458 e. The Morgan fingerprint density at radius 2 is 2.64 bits per heavy atom. The monoisotopic (exact) mass is 153 g/mol. The van der Waals surface area contributed by atoms with E-state index in [1.807, 2.05) is 25.2 Å². The van der Waals surface area contributed by atoms with Crippen LogP contribution in [0.2, 0.25) is 0 Å². The Morgan fingerprint density at radius 3 is 3.18 bits per heavy atom. The fourth-order valence-corrected chi connectivity index (χ4v) is 0.911. The topological polar surface area (TPSA) is 38.3 Å². The number of hydrogen-bond acceptors (Lipinski definition) is 3. The van der Waals surface area contributed by atoms with Crippen LogP contribution in [0.15, 0.2) is 23.9 Å². The molecule has 0 aliphatic carbocycles. The summed E-state index contributed by atoms with van der Waals surface area (Å²) >= 11 is 0. The lowest BCUT2D eigenvalue weighted by molar-refractivity contribution is -0.131. The Balaban J connectivity index is 2.50. The second-order valence-electron chi connectivity index (χ2n) is 2.31. The molecule has 0 fully saturated rings. The van der Waals surface area contributed by atoms with Crippen molar-refractivity contribution in [3.63, 3.8) is 0 Å². The highest BCUT2D eigenvalue weighted by atomic mass is 16.5. The van der Waals surface area contributed by atoms with Crippen molar-refractivity contribution in [2.24, 2.45) is 0 Å². The van der Waals surface area contributed by atoms with Gasteiger partial charge >= 0.3 is 0 Å². The number of nitrogens with one attached hydrogen (secondary N) is 1. The fraction of sp³-hybridized carbons (Fsp3) is 0.375. The van der Waals surface area contributed by atoms with Gasteiger partial charge in [-0.2, -0.15) is 0 Å². The number of rotatable bonds is 3. The summed E-state index contributed by atoms with van der Waals surface area (Å²) in [5.41, 5.74) is 0.944. The molecule has 0 saturated carbocycles. The largest absolute Gasteiger partial charge is 0.458 e. The lowest BCUT2D eigenvalue weighted by atomic mass is 10.2. The summed E-state index contributed by atoms with van der Waals surface area (Å²) in [6.45, 7) is 3.09. The van der Waals surface area contributed by atoms with Crippen LogP contribution in [-0.2, 0) is 9.53 Å². The van der Waals surface area contributed by atoms with Crippen molar-refractivity contribution in [2.75, 3.05) is 6.54 Å². The fourth-order valence-electron chi connectivity index (χ4n) is 0.911. The summed E-state index contributed by atoms with van der Waals surface area (Å²) in [4.78, 5) is 9.96. The second-order valence-corrected chi connectivity index (χ2v) is 2.31. The first-order valence-electron chi connectivity index (χ1n) is 3.54. The molecule has 0 bridgehead atoms. The Kier molecular flexibility index (Phi) is 2.72. The van der Waals surface area contributed by atoms with Gasteiger partial charge in [0.25, 0.3) is 6.47 Å². The van der Waals surface area contributed by atoms with E-state index >= 15 is 0 Å². The van der Waals surface area contributed by atoms with Gasteiger partial charge in [-0.25, -0.2) is 0 Å². The molecular formula is C8H11NO2. The Hall–Kier alpha value is -1.25. The molecule has 0 amide bonds. The number of hydrogen-bond donors (Lipinski definition) is 1. The van der Waals surface area contributed by atoms with Gasteiger partial charge in [-0.3, -0.25) is 4.79 Å². The molecule has 3 nitrogen and oxygen atoms in total. The first-order valence-corrected chi connectivity index (χ1v) is 3.54. The van der Waals surface area contributed by atoms with Crippen LogP contribution < -0.4 is 5.32 Å². The van der Waals surface area contributed by atoms with Gasteiger partial charge in [-0.05, 0) is 13.0 Å². The van der Waals surface area contributed by atoms with Crippen molar-refractivity contribution in [2.45, 2.75) is 13.0 Å². The smallest absolute Gasteiger partial charge is 0.293 e. The van der Waals surface area contributed by atoms with E-state index in [2.05, 4.69) is 5.32 Å². The average Bonchev–Trinajstić information content (AvgIpc) is 2.07. The van der Waals surface area contributed by atoms with Gasteiger partial charge in [0.15, 0.2) is 0 Å². The average molecular weight is 153 g/mol. The van der Waals surface area contributed by atoms with Crippen LogP contribution in [0.25, 0.3) is 0 Å². The molecule has 0 saturated heterocycles.